The quantitative estimate of drug-likeness (QED) is 0.735. The van der Waals surface area contributed by atoms with Crippen LogP contribution in [0, 0.1) is 0 Å². The van der Waals surface area contributed by atoms with Crippen molar-refractivity contribution >= 4 is 12.6 Å². The second-order valence-corrected chi connectivity index (χ2v) is 5.16. The highest BCUT2D eigenvalue weighted by atomic mass is 32.1. The van der Waals surface area contributed by atoms with E-state index in [-0.39, 0.29) is 4.75 Å². The Morgan fingerprint density at radius 2 is 1.79 bits per heavy atom. The summed E-state index contributed by atoms with van der Waals surface area (Å²) in [5.41, 5.74) is 2.66. The molecule has 0 amide bonds. The first kappa shape index (κ1) is 10.1. The van der Waals surface area contributed by atoms with E-state index >= 15 is 0 Å². The van der Waals surface area contributed by atoms with Crippen LogP contribution in [0.1, 0.15) is 30.9 Å². The van der Waals surface area contributed by atoms with E-state index < -0.39 is 0 Å². The third-order valence-electron chi connectivity index (χ3n) is 2.80. The summed E-state index contributed by atoms with van der Waals surface area (Å²) in [5, 5.41) is 0. The summed E-state index contributed by atoms with van der Waals surface area (Å²) >= 11 is 4.62. The molecule has 0 aliphatic carbocycles. The SMILES string of the molecule is CC(C)c1ccc(C2(S)COC2)cc1. The van der Waals surface area contributed by atoms with Gasteiger partial charge in [0.2, 0.25) is 0 Å². The normalized spacial score (nSPS) is 19.4. The third-order valence-corrected chi connectivity index (χ3v) is 3.31. The molecule has 0 spiro atoms. The van der Waals surface area contributed by atoms with Gasteiger partial charge in [0.05, 0.1) is 18.0 Å². The minimum Gasteiger partial charge on any atom is -0.378 e. The monoisotopic (exact) mass is 208 g/mol. The number of rotatable bonds is 2. The lowest BCUT2D eigenvalue weighted by atomic mass is 9.93. The van der Waals surface area contributed by atoms with Crippen LogP contribution >= 0.6 is 12.6 Å². The van der Waals surface area contributed by atoms with Gasteiger partial charge in [-0.15, -0.1) is 0 Å². The van der Waals surface area contributed by atoms with Crippen molar-refractivity contribution in [2.24, 2.45) is 0 Å². The smallest absolute Gasteiger partial charge is 0.0844 e. The van der Waals surface area contributed by atoms with Crippen LogP contribution in [0.4, 0.5) is 0 Å². The summed E-state index contributed by atoms with van der Waals surface area (Å²) in [4.78, 5) is 0. The predicted molar refractivity (Wildman–Crippen MR) is 62.0 cm³/mol. The van der Waals surface area contributed by atoms with E-state index in [0.717, 1.165) is 13.2 Å². The molecule has 1 saturated heterocycles. The fraction of sp³-hybridized carbons (Fsp3) is 0.500. The molecular weight excluding hydrogens is 192 g/mol. The molecule has 14 heavy (non-hydrogen) atoms. The van der Waals surface area contributed by atoms with Gasteiger partial charge in [0.1, 0.15) is 0 Å². The minimum absolute atomic E-state index is 0.0322. The first-order valence-electron chi connectivity index (χ1n) is 5.02. The van der Waals surface area contributed by atoms with Crippen LogP contribution in [-0.2, 0) is 9.48 Å². The van der Waals surface area contributed by atoms with Crippen LogP contribution in [0.2, 0.25) is 0 Å². The average molecular weight is 208 g/mol. The second-order valence-electron chi connectivity index (χ2n) is 4.30. The van der Waals surface area contributed by atoms with Crippen LogP contribution in [0.3, 0.4) is 0 Å². The number of thiol groups is 1. The van der Waals surface area contributed by atoms with Crippen molar-refractivity contribution in [1.29, 1.82) is 0 Å². The van der Waals surface area contributed by atoms with E-state index in [2.05, 4.69) is 50.7 Å². The summed E-state index contributed by atoms with van der Waals surface area (Å²) in [7, 11) is 0. The lowest BCUT2D eigenvalue weighted by Gasteiger charge is -2.37. The lowest BCUT2D eigenvalue weighted by molar-refractivity contribution is -0.00969. The summed E-state index contributed by atoms with van der Waals surface area (Å²) in [6.07, 6.45) is 0. The van der Waals surface area contributed by atoms with E-state index in [1.807, 2.05) is 0 Å². The van der Waals surface area contributed by atoms with Crippen molar-refractivity contribution in [1.82, 2.24) is 0 Å². The van der Waals surface area contributed by atoms with Crippen LogP contribution in [0.25, 0.3) is 0 Å². The van der Waals surface area contributed by atoms with Crippen molar-refractivity contribution in [2.75, 3.05) is 13.2 Å². The molecule has 0 saturated carbocycles. The third kappa shape index (κ3) is 1.69. The molecule has 1 nitrogen and oxygen atoms in total. The van der Waals surface area contributed by atoms with Gasteiger partial charge in [0, 0.05) is 0 Å². The Kier molecular flexibility index (Phi) is 2.58. The van der Waals surface area contributed by atoms with Gasteiger partial charge >= 0.3 is 0 Å². The van der Waals surface area contributed by atoms with Crippen LogP contribution in [-0.4, -0.2) is 13.2 Å². The molecule has 0 bridgehead atoms. The Balaban J connectivity index is 2.21. The molecular formula is C12H16OS. The highest BCUT2D eigenvalue weighted by molar-refractivity contribution is 7.81. The van der Waals surface area contributed by atoms with E-state index in [1.54, 1.807) is 0 Å². The molecule has 1 aliphatic heterocycles. The number of hydrogen-bond donors (Lipinski definition) is 1. The van der Waals surface area contributed by atoms with E-state index in [9.17, 15) is 0 Å². The highest BCUT2D eigenvalue weighted by Crippen LogP contribution is 2.36. The Labute approximate surface area is 90.9 Å². The Hall–Kier alpha value is -0.470. The van der Waals surface area contributed by atoms with Crippen LogP contribution in [0.15, 0.2) is 24.3 Å². The molecule has 0 aromatic heterocycles. The summed E-state index contributed by atoms with van der Waals surface area (Å²) in [6, 6.07) is 8.72. The topological polar surface area (TPSA) is 9.23 Å². The number of hydrogen-bond acceptors (Lipinski definition) is 2. The fourth-order valence-electron chi connectivity index (χ4n) is 1.64. The van der Waals surface area contributed by atoms with Gasteiger partial charge in [-0.1, -0.05) is 38.1 Å². The molecule has 1 heterocycles. The van der Waals surface area contributed by atoms with E-state index in [0.29, 0.717) is 5.92 Å². The molecule has 0 radical (unpaired) electrons. The van der Waals surface area contributed by atoms with Crippen molar-refractivity contribution in [3.63, 3.8) is 0 Å². The molecule has 0 unspecified atom stereocenters. The molecule has 0 N–H and O–H groups in total. The van der Waals surface area contributed by atoms with Crippen LogP contribution < -0.4 is 0 Å². The number of ether oxygens (including phenoxy) is 1. The Morgan fingerprint density at radius 3 is 2.14 bits per heavy atom. The largest absolute Gasteiger partial charge is 0.378 e. The molecule has 76 valence electrons. The van der Waals surface area contributed by atoms with Crippen molar-refractivity contribution in [3.05, 3.63) is 35.4 Å². The summed E-state index contributed by atoms with van der Waals surface area (Å²) in [6.45, 7) is 5.88. The van der Waals surface area contributed by atoms with Gasteiger partial charge in [-0.25, -0.2) is 0 Å². The van der Waals surface area contributed by atoms with Gasteiger partial charge in [-0.05, 0) is 17.0 Å². The molecule has 0 atom stereocenters. The zero-order valence-electron chi connectivity index (χ0n) is 8.66. The number of benzene rings is 1. The second kappa shape index (κ2) is 3.59. The van der Waals surface area contributed by atoms with Gasteiger partial charge in [0.25, 0.3) is 0 Å². The first-order chi connectivity index (χ1) is 6.62. The highest BCUT2D eigenvalue weighted by Gasteiger charge is 2.36. The van der Waals surface area contributed by atoms with Crippen molar-refractivity contribution in [3.8, 4) is 0 Å². The molecule has 2 rings (SSSR count). The summed E-state index contributed by atoms with van der Waals surface area (Å²) in [5.74, 6) is 0.595. The van der Waals surface area contributed by atoms with Gasteiger partial charge in [0.15, 0.2) is 0 Å². The lowest BCUT2D eigenvalue weighted by Crippen LogP contribution is -2.41. The molecule has 2 heteroatoms. The van der Waals surface area contributed by atoms with Crippen molar-refractivity contribution in [2.45, 2.75) is 24.5 Å². The molecule has 1 aromatic carbocycles. The molecule has 1 fully saturated rings. The standard InChI is InChI=1S/C12H16OS/c1-9(2)10-3-5-11(6-4-10)12(14)7-13-8-12/h3-6,9,14H,7-8H2,1-2H3. The predicted octanol–water partition coefficient (Wildman–Crippen LogP) is 2.97. The summed E-state index contributed by atoms with van der Waals surface area (Å²) < 4.78 is 5.16. The molecule has 1 aromatic rings. The fourth-order valence-corrected chi connectivity index (χ4v) is 1.97. The van der Waals surface area contributed by atoms with E-state index in [4.69, 9.17) is 4.74 Å². The Morgan fingerprint density at radius 1 is 1.21 bits per heavy atom. The zero-order valence-corrected chi connectivity index (χ0v) is 9.55. The van der Waals surface area contributed by atoms with Gasteiger partial charge < -0.3 is 4.74 Å². The Bertz CT molecular complexity index is 312. The minimum atomic E-state index is -0.0322. The van der Waals surface area contributed by atoms with Gasteiger partial charge in [-0.2, -0.15) is 12.6 Å². The van der Waals surface area contributed by atoms with Crippen molar-refractivity contribution < 1.29 is 4.74 Å². The average Bonchev–Trinajstić information content (AvgIpc) is 2.14. The van der Waals surface area contributed by atoms with Crippen LogP contribution in [0.5, 0.6) is 0 Å². The maximum atomic E-state index is 5.19. The van der Waals surface area contributed by atoms with E-state index in [1.165, 1.54) is 11.1 Å². The zero-order chi connectivity index (χ0) is 10.2. The van der Waals surface area contributed by atoms with Gasteiger partial charge in [-0.3, -0.25) is 0 Å². The maximum absolute atomic E-state index is 5.19. The maximum Gasteiger partial charge on any atom is 0.0844 e. The first-order valence-corrected chi connectivity index (χ1v) is 5.47. The molecule has 1 aliphatic rings.